The molecule has 0 aliphatic heterocycles. The number of hydrogen-bond donors (Lipinski definition) is 1. The zero-order valence-electron chi connectivity index (χ0n) is 13.3. The van der Waals surface area contributed by atoms with Gasteiger partial charge in [0.1, 0.15) is 0 Å². The molecule has 0 fully saturated rings. The van der Waals surface area contributed by atoms with Crippen LogP contribution in [0.5, 0.6) is 5.88 Å². The van der Waals surface area contributed by atoms with Crippen molar-refractivity contribution in [2.24, 2.45) is 5.92 Å². The molecule has 1 rings (SSSR count). The maximum atomic E-state index is 5.58. The quantitative estimate of drug-likeness (QED) is 0.705. The summed E-state index contributed by atoms with van der Waals surface area (Å²) in [4.78, 5) is 8.65. The fourth-order valence-electron chi connectivity index (χ4n) is 1.58. The van der Waals surface area contributed by atoms with Crippen LogP contribution in [0, 0.1) is 12.8 Å². The summed E-state index contributed by atoms with van der Waals surface area (Å²) in [6, 6.07) is 1.84. The van der Waals surface area contributed by atoms with E-state index in [4.69, 9.17) is 9.47 Å². The first-order valence-corrected chi connectivity index (χ1v) is 7.31. The number of nitrogens with one attached hydrogen (secondary N) is 1. The van der Waals surface area contributed by atoms with Crippen molar-refractivity contribution in [3.05, 3.63) is 11.8 Å². The molecule has 1 heterocycles. The van der Waals surface area contributed by atoms with E-state index in [9.17, 15) is 0 Å². The predicted octanol–water partition coefficient (Wildman–Crippen LogP) is 3.05. The van der Waals surface area contributed by atoms with Crippen molar-refractivity contribution >= 4 is 5.95 Å². The molecule has 20 heavy (non-hydrogen) atoms. The van der Waals surface area contributed by atoms with Crippen molar-refractivity contribution < 1.29 is 9.47 Å². The number of aryl methyl sites for hydroxylation is 1. The van der Waals surface area contributed by atoms with E-state index in [2.05, 4.69) is 29.1 Å². The van der Waals surface area contributed by atoms with Gasteiger partial charge in [-0.05, 0) is 33.1 Å². The first kappa shape index (κ1) is 16.7. The van der Waals surface area contributed by atoms with Gasteiger partial charge < -0.3 is 14.8 Å². The Hall–Kier alpha value is -1.36. The van der Waals surface area contributed by atoms with Gasteiger partial charge in [-0.1, -0.05) is 13.8 Å². The van der Waals surface area contributed by atoms with E-state index < -0.39 is 0 Å². The molecule has 0 radical (unpaired) electrons. The highest BCUT2D eigenvalue weighted by molar-refractivity contribution is 5.30. The van der Waals surface area contributed by atoms with E-state index in [1.807, 2.05) is 26.8 Å². The third-order valence-corrected chi connectivity index (χ3v) is 2.56. The number of nitrogens with zero attached hydrogens (tertiary/aromatic N) is 2. The van der Waals surface area contributed by atoms with Crippen LogP contribution < -0.4 is 10.1 Å². The van der Waals surface area contributed by atoms with Gasteiger partial charge in [-0.25, -0.2) is 4.98 Å². The molecule has 0 atom stereocenters. The molecule has 114 valence electrons. The maximum Gasteiger partial charge on any atom is 0.226 e. The summed E-state index contributed by atoms with van der Waals surface area (Å²) in [5, 5.41) is 3.16. The van der Waals surface area contributed by atoms with Crippen LogP contribution in [0.25, 0.3) is 0 Å². The number of rotatable bonds is 9. The highest BCUT2D eigenvalue weighted by Gasteiger charge is 2.04. The average Bonchev–Trinajstić information content (AvgIpc) is 2.31. The maximum absolute atomic E-state index is 5.58. The molecule has 0 saturated heterocycles. The second kappa shape index (κ2) is 8.74. The monoisotopic (exact) mass is 281 g/mol. The van der Waals surface area contributed by atoms with E-state index in [0.717, 1.165) is 18.7 Å². The van der Waals surface area contributed by atoms with Gasteiger partial charge in [0.25, 0.3) is 0 Å². The average molecular weight is 281 g/mol. The van der Waals surface area contributed by atoms with Crippen molar-refractivity contribution in [1.82, 2.24) is 9.97 Å². The molecule has 5 heteroatoms. The minimum absolute atomic E-state index is 0.108. The summed E-state index contributed by atoms with van der Waals surface area (Å²) < 4.78 is 11.1. The normalized spacial score (nSPS) is 11.2. The molecular formula is C15H27N3O2. The molecule has 0 amide bonds. The van der Waals surface area contributed by atoms with Crippen LogP contribution >= 0.6 is 0 Å². The van der Waals surface area contributed by atoms with Gasteiger partial charge in [0.2, 0.25) is 11.8 Å². The molecule has 0 bridgehead atoms. The molecule has 0 aliphatic rings. The van der Waals surface area contributed by atoms with E-state index in [-0.39, 0.29) is 6.10 Å². The molecule has 0 unspecified atom stereocenters. The highest BCUT2D eigenvalue weighted by Crippen LogP contribution is 2.13. The van der Waals surface area contributed by atoms with Crippen LogP contribution in [0.2, 0.25) is 0 Å². The lowest BCUT2D eigenvalue weighted by atomic mass is 10.1. The summed E-state index contributed by atoms with van der Waals surface area (Å²) in [5.74, 6) is 1.88. The first-order chi connectivity index (χ1) is 9.47. The lowest BCUT2D eigenvalue weighted by Gasteiger charge is -2.11. The topological polar surface area (TPSA) is 56.3 Å². The molecule has 0 spiro atoms. The molecule has 1 aromatic heterocycles. The fraction of sp³-hybridized carbons (Fsp3) is 0.733. The Bertz CT molecular complexity index is 395. The molecule has 5 nitrogen and oxygen atoms in total. The van der Waals surface area contributed by atoms with Gasteiger partial charge in [0.15, 0.2) is 0 Å². The van der Waals surface area contributed by atoms with E-state index >= 15 is 0 Å². The zero-order chi connectivity index (χ0) is 15.0. The largest absolute Gasteiger partial charge is 0.475 e. The number of ether oxygens (including phenoxy) is 2. The summed E-state index contributed by atoms with van der Waals surface area (Å²) in [7, 11) is 0. The minimum atomic E-state index is 0.108. The third-order valence-electron chi connectivity index (χ3n) is 2.56. The smallest absolute Gasteiger partial charge is 0.226 e. The standard InChI is InChI=1S/C15H27N3O2/c1-11(2)6-8-19-9-7-16-15-17-13(5)10-14(18-15)20-12(3)4/h10-12H,6-9H2,1-5H3,(H,16,17,18). The van der Waals surface area contributed by atoms with E-state index in [0.29, 0.717) is 30.9 Å². The van der Waals surface area contributed by atoms with Gasteiger partial charge in [0, 0.05) is 24.9 Å². The summed E-state index contributed by atoms with van der Waals surface area (Å²) in [5.41, 5.74) is 0.888. The Morgan fingerprint density at radius 2 is 1.90 bits per heavy atom. The van der Waals surface area contributed by atoms with Gasteiger partial charge in [0.05, 0.1) is 12.7 Å². The lowest BCUT2D eigenvalue weighted by Crippen LogP contribution is -2.14. The van der Waals surface area contributed by atoms with Crippen molar-refractivity contribution in [2.45, 2.75) is 47.1 Å². The molecule has 1 N–H and O–H groups in total. The summed E-state index contributed by atoms with van der Waals surface area (Å²) >= 11 is 0. The van der Waals surface area contributed by atoms with Crippen molar-refractivity contribution in [2.75, 3.05) is 25.1 Å². The van der Waals surface area contributed by atoms with Crippen molar-refractivity contribution in [3.8, 4) is 5.88 Å². The van der Waals surface area contributed by atoms with E-state index in [1.54, 1.807) is 0 Å². The molecule has 0 aliphatic carbocycles. The van der Waals surface area contributed by atoms with Crippen LogP contribution in [-0.2, 0) is 4.74 Å². The molecule has 0 saturated carbocycles. The minimum Gasteiger partial charge on any atom is -0.475 e. The number of aromatic nitrogens is 2. The van der Waals surface area contributed by atoms with Crippen molar-refractivity contribution in [1.29, 1.82) is 0 Å². The fourth-order valence-corrected chi connectivity index (χ4v) is 1.58. The van der Waals surface area contributed by atoms with Crippen LogP contribution in [-0.4, -0.2) is 35.8 Å². The Balaban J connectivity index is 2.34. The SMILES string of the molecule is Cc1cc(OC(C)C)nc(NCCOCCC(C)C)n1. The zero-order valence-corrected chi connectivity index (χ0v) is 13.3. The number of hydrogen-bond acceptors (Lipinski definition) is 5. The Labute approximate surface area is 122 Å². The van der Waals surface area contributed by atoms with Crippen LogP contribution in [0.3, 0.4) is 0 Å². The molecule has 0 aromatic carbocycles. The Morgan fingerprint density at radius 3 is 2.55 bits per heavy atom. The predicted molar refractivity (Wildman–Crippen MR) is 81.3 cm³/mol. The summed E-state index contributed by atoms with van der Waals surface area (Å²) in [6.07, 6.45) is 1.20. The van der Waals surface area contributed by atoms with Gasteiger partial charge in [-0.15, -0.1) is 0 Å². The van der Waals surface area contributed by atoms with Crippen LogP contribution in [0.15, 0.2) is 6.07 Å². The third kappa shape index (κ3) is 7.28. The number of anilines is 1. The summed E-state index contributed by atoms with van der Waals surface area (Å²) in [6.45, 7) is 12.4. The lowest BCUT2D eigenvalue weighted by molar-refractivity contribution is 0.132. The van der Waals surface area contributed by atoms with Gasteiger partial charge in [-0.2, -0.15) is 4.98 Å². The van der Waals surface area contributed by atoms with Gasteiger partial charge in [-0.3, -0.25) is 0 Å². The Morgan fingerprint density at radius 1 is 1.15 bits per heavy atom. The molecular weight excluding hydrogens is 254 g/mol. The van der Waals surface area contributed by atoms with Crippen LogP contribution in [0.4, 0.5) is 5.95 Å². The first-order valence-electron chi connectivity index (χ1n) is 7.31. The molecule has 1 aromatic rings. The van der Waals surface area contributed by atoms with E-state index in [1.165, 1.54) is 0 Å². The second-order valence-electron chi connectivity index (χ2n) is 5.56. The Kier molecular flexibility index (Phi) is 7.30. The van der Waals surface area contributed by atoms with Crippen LogP contribution in [0.1, 0.15) is 39.8 Å². The van der Waals surface area contributed by atoms with Crippen molar-refractivity contribution in [3.63, 3.8) is 0 Å². The second-order valence-corrected chi connectivity index (χ2v) is 5.56. The van der Waals surface area contributed by atoms with Gasteiger partial charge >= 0.3 is 0 Å². The highest BCUT2D eigenvalue weighted by atomic mass is 16.5.